The molecule has 2 unspecified atom stereocenters. The minimum Gasteiger partial charge on any atom is -0.451 e. The number of hydroxylamine groups is 1. The van der Waals surface area contributed by atoms with Crippen molar-refractivity contribution in [2.75, 3.05) is 52.1 Å². The molecular weight excluding hydrogens is 562 g/mol. The first kappa shape index (κ1) is 30.5. The molecule has 1 fully saturated rings. The lowest BCUT2D eigenvalue weighted by molar-refractivity contribution is -0.129. The van der Waals surface area contributed by atoms with Gasteiger partial charge in [-0.3, -0.25) is 10.0 Å². The molecule has 0 aromatic heterocycles. The summed E-state index contributed by atoms with van der Waals surface area (Å²) >= 11 is 5.81. The zero-order chi connectivity index (χ0) is 27.7. The number of hydrogen-bond donors (Lipinski definition) is 2. The number of likely N-dealkylation sites (tertiary alicyclic amines) is 1. The Morgan fingerprint density at radius 3 is 2.34 bits per heavy atom. The first-order chi connectivity index (χ1) is 18.2. The predicted molar refractivity (Wildman–Crippen MR) is 142 cm³/mol. The first-order valence-electron chi connectivity index (χ1n) is 12.0. The molecule has 1 amide bonds. The number of carbonyl (C=O) groups excluding carboxylic acids is 1. The second-order valence-corrected chi connectivity index (χ2v) is 12.3. The van der Waals surface area contributed by atoms with Gasteiger partial charge in [0.05, 0.1) is 28.2 Å². The number of halogens is 3. The Morgan fingerprint density at radius 1 is 1.11 bits per heavy atom. The monoisotopic (exact) mass is 592 g/mol. The Bertz CT molecular complexity index is 1120. The molecule has 3 rings (SSSR count). The van der Waals surface area contributed by atoms with Crippen LogP contribution in [0.4, 0.5) is 8.78 Å². The van der Waals surface area contributed by atoms with E-state index in [2.05, 4.69) is 4.90 Å². The van der Waals surface area contributed by atoms with Crippen LogP contribution in [-0.4, -0.2) is 85.1 Å². The number of benzene rings is 2. The average Bonchev–Trinajstić information content (AvgIpc) is 2.92. The predicted octanol–water partition coefficient (Wildman–Crippen LogP) is 3.32. The summed E-state index contributed by atoms with van der Waals surface area (Å²) in [6.07, 6.45) is 3.47. The van der Waals surface area contributed by atoms with E-state index in [1.54, 1.807) is 11.4 Å². The maximum atomic E-state index is 14.8. The van der Waals surface area contributed by atoms with Crippen molar-refractivity contribution in [2.24, 2.45) is 0 Å². The van der Waals surface area contributed by atoms with E-state index in [4.69, 9.17) is 21.5 Å². The van der Waals surface area contributed by atoms with Crippen LogP contribution in [0, 0.1) is 11.6 Å². The molecule has 9 nitrogen and oxygen atoms in total. The summed E-state index contributed by atoms with van der Waals surface area (Å²) in [5.74, 6) is -3.15. The molecule has 0 radical (unpaired) electrons. The van der Waals surface area contributed by atoms with Gasteiger partial charge in [0.15, 0.2) is 17.4 Å². The molecule has 2 N–H and O–H groups in total. The van der Waals surface area contributed by atoms with E-state index in [-0.39, 0.29) is 23.7 Å². The number of hydrogen-bond acceptors (Lipinski definition) is 6. The Hall–Kier alpha value is -2.00. The summed E-state index contributed by atoms with van der Waals surface area (Å²) in [6.45, 7) is 2.27. The van der Waals surface area contributed by atoms with Gasteiger partial charge in [0.1, 0.15) is 16.7 Å². The fourth-order valence-electron chi connectivity index (χ4n) is 3.82. The number of rotatable bonds is 13. The third-order valence-electron chi connectivity index (χ3n) is 5.93. The van der Waals surface area contributed by atoms with Crippen molar-refractivity contribution in [2.45, 2.75) is 24.2 Å². The summed E-state index contributed by atoms with van der Waals surface area (Å²) in [5.41, 5.74) is 1.46. The minimum absolute atomic E-state index is 0.0295. The largest absolute Gasteiger partial charge is 0.451 e. The van der Waals surface area contributed by atoms with Crippen molar-refractivity contribution in [1.82, 2.24) is 19.0 Å². The summed E-state index contributed by atoms with van der Waals surface area (Å²) in [4.78, 5) is 13.9. The Kier molecular flexibility index (Phi) is 12.0. The molecule has 2 aromatic carbocycles. The van der Waals surface area contributed by atoms with E-state index in [1.165, 1.54) is 36.2 Å². The summed E-state index contributed by atoms with van der Waals surface area (Å²) in [6, 6.07) is 7.59. The second-order valence-electron chi connectivity index (χ2n) is 8.70. The molecule has 1 aliphatic rings. The molecule has 0 bridgehead atoms. The smallest absolute Gasteiger partial charge is 0.258 e. The van der Waals surface area contributed by atoms with Gasteiger partial charge in [-0.15, -0.1) is 0 Å². The van der Waals surface area contributed by atoms with Crippen molar-refractivity contribution in [3.8, 4) is 11.5 Å². The number of nitrogens with one attached hydrogen (secondary N) is 1. The Labute approximate surface area is 230 Å². The van der Waals surface area contributed by atoms with Gasteiger partial charge in [-0.1, -0.05) is 18.0 Å². The van der Waals surface area contributed by atoms with Gasteiger partial charge in [-0.05, 0) is 69.4 Å². The van der Waals surface area contributed by atoms with Crippen LogP contribution in [0.5, 0.6) is 11.5 Å². The topological polar surface area (TPSA) is 102 Å². The van der Waals surface area contributed by atoms with Gasteiger partial charge in [0, 0.05) is 24.7 Å². The quantitative estimate of drug-likeness (QED) is 0.273. The standard InChI is InChI=1S/C24H31ClF2N4O5S2/c1-29(37(34)14-13-30-9-3-2-4-10-30)11-12-31(17-23(32)28-33)38(35)20-15-21(26)24(22(27)16-20)36-19-7-5-18(25)6-8-19/h5-8,15-16,33H,2-4,9-14,17H2,1H3,(H,28,32). The molecule has 14 heteroatoms. The Balaban J connectivity index is 1.66. The van der Waals surface area contributed by atoms with Crippen LogP contribution in [0.1, 0.15) is 19.3 Å². The zero-order valence-corrected chi connectivity index (χ0v) is 23.3. The summed E-state index contributed by atoms with van der Waals surface area (Å²) < 4.78 is 63.4. The lowest BCUT2D eigenvalue weighted by Crippen LogP contribution is -2.42. The van der Waals surface area contributed by atoms with Crippen LogP contribution in [0.2, 0.25) is 5.02 Å². The molecule has 0 saturated carbocycles. The molecule has 1 heterocycles. The summed E-state index contributed by atoms with van der Waals surface area (Å²) in [7, 11) is -1.86. The van der Waals surface area contributed by atoms with Crippen LogP contribution >= 0.6 is 11.6 Å². The molecular formula is C24H31ClF2N4O5S2. The number of nitrogens with zero attached hydrogens (tertiary/aromatic N) is 3. The van der Waals surface area contributed by atoms with E-state index in [0.717, 1.165) is 42.4 Å². The normalized spacial score (nSPS) is 16.0. The van der Waals surface area contributed by atoms with Crippen LogP contribution in [-0.2, 0) is 26.8 Å². The highest BCUT2D eigenvalue weighted by atomic mass is 35.5. The van der Waals surface area contributed by atoms with Crippen LogP contribution in [0.3, 0.4) is 0 Å². The molecule has 1 aliphatic heterocycles. The van der Waals surface area contributed by atoms with Gasteiger partial charge in [-0.25, -0.2) is 31.3 Å². The third-order valence-corrected chi connectivity index (χ3v) is 9.01. The Morgan fingerprint density at radius 2 is 1.74 bits per heavy atom. The molecule has 38 heavy (non-hydrogen) atoms. The zero-order valence-electron chi connectivity index (χ0n) is 20.9. The first-order valence-corrected chi connectivity index (χ1v) is 14.8. The number of carbonyl (C=O) groups is 1. The number of piperidine rings is 1. The molecule has 2 atom stereocenters. The third kappa shape index (κ3) is 9.04. The molecule has 2 aromatic rings. The van der Waals surface area contributed by atoms with Crippen LogP contribution < -0.4 is 10.2 Å². The highest BCUT2D eigenvalue weighted by molar-refractivity contribution is 7.83. The van der Waals surface area contributed by atoms with E-state index in [9.17, 15) is 22.0 Å². The van der Waals surface area contributed by atoms with E-state index in [0.29, 0.717) is 17.3 Å². The maximum absolute atomic E-state index is 14.8. The fraction of sp³-hybridized carbons (Fsp3) is 0.458. The van der Waals surface area contributed by atoms with Gasteiger partial charge >= 0.3 is 0 Å². The van der Waals surface area contributed by atoms with Crippen molar-refractivity contribution in [3.05, 3.63) is 53.1 Å². The molecule has 0 aliphatic carbocycles. The van der Waals surface area contributed by atoms with Crippen molar-refractivity contribution in [3.63, 3.8) is 0 Å². The van der Waals surface area contributed by atoms with E-state index in [1.807, 2.05) is 0 Å². The van der Waals surface area contributed by atoms with Crippen molar-refractivity contribution < 1.29 is 31.9 Å². The van der Waals surface area contributed by atoms with Crippen LogP contribution in [0.25, 0.3) is 0 Å². The van der Waals surface area contributed by atoms with Crippen molar-refractivity contribution in [1.29, 1.82) is 0 Å². The SMILES string of the molecule is CN(CCN(CC(=O)NO)S(=O)c1cc(F)c(Oc2ccc(Cl)cc2)c(F)c1)S(=O)CCN1CCCCC1. The van der Waals surface area contributed by atoms with Gasteiger partial charge in [-0.2, -0.15) is 0 Å². The number of ether oxygens (including phenoxy) is 1. The maximum Gasteiger partial charge on any atom is 0.258 e. The average molecular weight is 593 g/mol. The van der Waals surface area contributed by atoms with Gasteiger partial charge < -0.3 is 9.64 Å². The van der Waals surface area contributed by atoms with E-state index < -0.39 is 51.8 Å². The number of amides is 1. The molecule has 1 saturated heterocycles. The highest BCUT2D eigenvalue weighted by Crippen LogP contribution is 2.30. The molecule has 210 valence electrons. The lowest BCUT2D eigenvalue weighted by atomic mass is 10.1. The second kappa shape index (κ2) is 15.0. The highest BCUT2D eigenvalue weighted by Gasteiger charge is 2.24. The number of likely N-dealkylation sites (N-methyl/N-ethyl adjacent to an activating group) is 1. The van der Waals surface area contributed by atoms with Gasteiger partial charge in [0.25, 0.3) is 5.91 Å². The molecule has 0 spiro atoms. The lowest BCUT2D eigenvalue weighted by Gasteiger charge is -2.27. The van der Waals surface area contributed by atoms with Crippen LogP contribution in [0.15, 0.2) is 41.3 Å². The fourth-order valence-corrected chi connectivity index (χ4v) is 6.15. The van der Waals surface area contributed by atoms with Gasteiger partial charge in [0.2, 0.25) is 0 Å². The van der Waals surface area contributed by atoms with E-state index >= 15 is 0 Å². The minimum atomic E-state index is -2.18. The van der Waals surface area contributed by atoms with Crippen molar-refractivity contribution >= 4 is 39.5 Å². The summed E-state index contributed by atoms with van der Waals surface area (Å²) in [5, 5.41) is 9.37.